The van der Waals surface area contributed by atoms with E-state index < -0.39 is 5.91 Å². The molecule has 2 N–H and O–H groups in total. The lowest BCUT2D eigenvalue weighted by Crippen LogP contribution is -2.13. The first kappa shape index (κ1) is 20.8. The summed E-state index contributed by atoms with van der Waals surface area (Å²) < 4.78 is 0. The van der Waals surface area contributed by atoms with Crippen LogP contribution >= 0.6 is 23.2 Å². The van der Waals surface area contributed by atoms with Crippen molar-refractivity contribution < 1.29 is 9.90 Å². The molecule has 0 radical (unpaired) electrons. The van der Waals surface area contributed by atoms with Crippen LogP contribution in [0.15, 0.2) is 83.0 Å². The average Bonchev–Trinajstić information content (AvgIpc) is 2.75. The van der Waals surface area contributed by atoms with Gasteiger partial charge in [0, 0.05) is 16.1 Å². The summed E-state index contributed by atoms with van der Waals surface area (Å²) in [5, 5.41) is 24.4. The van der Waals surface area contributed by atoms with E-state index in [0.29, 0.717) is 26.8 Å². The second kappa shape index (κ2) is 8.76. The van der Waals surface area contributed by atoms with Gasteiger partial charge in [-0.25, -0.2) is 0 Å². The highest BCUT2D eigenvalue weighted by Crippen LogP contribution is 2.40. The number of nitrogens with zero attached hydrogens (tertiary/aromatic N) is 2. The van der Waals surface area contributed by atoms with E-state index in [1.807, 2.05) is 43.3 Å². The summed E-state index contributed by atoms with van der Waals surface area (Å²) in [4.78, 5) is 13.0. The minimum absolute atomic E-state index is 0.0955. The van der Waals surface area contributed by atoms with Crippen LogP contribution in [0.25, 0.3) is 10.8 Å². The second-order valence-electron chi connectivity index (χ2n) is 6.91. The van der Waals surface area contributed by atoms with Gasteiger partial charge in [0.15, 0.2) is 5.75 Å². The maximum Gasteiger partial charge on any atom is 0.259 e. The molecule has 0 atom stereocenters. The molecule has 0 saturated carbocycles. The Morgan fingerprint density at radius 2 is 1.68 bits per heavy atom. The maximum atomic E-state index is 13.0. The van der Waals surface area contributed by atoms with E-state index in [-0.39, 0.29) is 17.0 Å². The molecular formula is C24H17Cl2N3O2. The van der Waals surface area contributed by atoms with E-state index >= 15 is 0 Å². The predicted molar refractivity (Wildman–Crippen MR) is 125 cm³/mol. The van der Waals surface area contributed by atoms with Crippen molar-refractivity contribution in [3.63, 3.8) is 0 Å². The Hall–Kier alpha value is -3.41. The maximum absolute atomic E-state index is 13.0. The first-order valence-corrected chi connectivity index (χ1v) is 10.2. The molecule has 0 aliphatic heterocycles. The number of carbonyl (C=O) groups excluding carboxylic acids is 1. The minimum atomic E-state index is -0.446. The number of fused-ring (bicyclic) bond motifs is 1. The molecule has 0 heterocycles. The third kappa shape index (κ3) is 4.38. The molecule has 0 bridgehead atoms. The third-order valence-corrected chi connectivity index (χ3v) is 5.34. The Kier molecular flexibility index (Phi) is 5.89. The standard InChI is InChI=1S/C24H17Cl2N3O2/c1-14-6-2-5-9-20(14)27-24(31)18-12-15-7-3-4-8-17(15)22(23(18)30)29-28-21-11-10-16(25)13-19(21)26/h2-13,30H,1H3,(H,27,31)/b29-28+. The Morgan fingerprint density at radius 3 is 2.45 bits per heavy atom. The molecule has 0 unspecified atom stereocenters. The number of phenolic OH excluding ortho intramolecular Hbond substituents is 1. The number of anilines is 1. The molecule has 0 saturated heterocycles. The number of aryl methyl sites for hydroxylation is 1. The SMILES string of the molecule is Cc1ccccc1NC(=O)c1cc2ccccc2c(/N=N/c2ccc(Cl)cc2Cl)c1O. The van der Waals surface area contributed by atoms with Crippen molar-refractivity contribution in [3.8, 4) is 5.75 Å². The minimum Gasteiger partial charge on any atom is -0.505 e. The number of azo groups is 1. The van der Waals surface area contributed by atoms with Crippen LogP contribution in [0.3, 0.4) is 0 Å². The third-order valence-electron chi connectivity index (χ3n) is 4.80. The number of phenols is 1. The topological polar surface area (TPSA) is 74.0 Å². The summed E-state index contributed by atoms with van der Waals surface area (Å²) >= 11 is 12.1. The average molecular weight is 450 g/mol. The number of benzene rings is 4. The normalized spacial score (nSPS) is 11.2. The quantitative estimate of drug-likeness (QED) is 0.311. The van der Waals surface area contributed by atoms with E-state index in [1.165, 1.54) is 0 Å². The van der Waals surface area contributed by atoms with E-state index in [1.54, 1.807) is 36.4 Å². The van der Waals surface area contributed by atoms with Crippen molar-refractivity contribution in [1.29, 1.82) is 0 Å². The monoisotopic (exact) mass is 449 g/mol. The predicted octanol–water partition coefficient (Wildman–Crippen LogP) is 7.83. The molecule has 7 heteroatoms. The fourth-order valence-corrected chi connectivity index (χ4v) is 3.61. The van der Waals surface area contributed by atoms with Gasteiger partial charge in [0.2, 0.25) is 0 Å². The van der Waals surface area contributed by atoms with E-state index in [9.17, 15) is 9.90 Å². The fraction of sp³-hybridized carbons (Fsp3) is 0.0417. The number of carbonyl (C=O) groups is 1. The van der Waals surface area contributed by atoms with Gasteiger partial charge >= 0.3 is 0 Å². The van der Waals surface area contributed by atoms with Crippen molar-refractivity contribution in [2.45, 2.75) is 6.92 Å². The first-order chi connectivity index (χ1) is 14.9. The molecule has 1 amide bonds. The second-order valence-corrected chi connectivity index (χ2v) is 7.75. The Balaban J connectivity index is 1.79. The number of rotatable bonds is 4. The van der Waals surface area contributed by atoms with Crippen LogP contribution < -0.4 is 5.32 Å². The van der Waals surface area contributed by atoms with Gasteiger partial charge in [-0.15, -0.1) is 10.2 Å². The summed E-state index contributed by atoms with van der Waals surface area (Å²) in [7, 11) is 0. The number of para-hydroxylation sites is 1. The lowest BCUT2D eigenvalue weighted by Gasteiger charge is -2.12. The number of aromatic hydroxyl groups is 1. The van der Waals surface area contributed by atoms with Gasteiger partial charge in [0.25, 0.3) is 5.91 Å². The van der Waals surface area contributed by atoms with Gasteiger partial charge in [-0.05, 0) is 48.2 Å². The van der Waals surface area contributed by atoms with Crippen molar-refractivity contribution in [2.75, 3.05) is 5.32 Å². The highest BCUT2D eigenvalue weighted by Gasteiger charge is 2.19. The van der Waals surface area contributed by atoms with Crippen molar-refractivity contribution in [3.05, 3.63) is 94.0 Å². The summed E-state index contributed by atoms with van der Waals surface area (Å²) in [5.41, 5.74) is 2.24. The van der Waals surface area contributed by atoms with Crippen LogP contribution in [0, 0.1) is 6.92 Å². The zero-order valence-corrected chi connectivity index (χ0v) is 17.9. The van der Waals surface area contributed by atoms with Gasteiger partial charge in [0.05, 0.1) is 10.6 Å². The highest BCUT2D eigenvalue weighted by molar-refractivity contribution is 6.36. The molecule has 0 aromatic heterocycles. The highest BCUT2D eigenvalue weighted by atomic mass is 35.5. The molecule has 0 spiro atoms. The fourth-order valence-electron chi connectivity index (χ4n) is 3.16. The summed E-state index contributed by atoms with van der Waals surface area (Å²) in [6, 6.07) is 21.2. The van der Waals surface area contributed by atoms with Crippen LogP contribution in [-0.2, 0) is 0 Å². The van der Waals surface area contributed by atoms with Crippen LogP contribution in [0.4, 0.5) is 17.1 Å². The van der Waals surface area contributed by atoms with Crippen LogP contribution in [0.1, 0.15) is 15.9 Å². The molecule has 4 rings (SSSR count). The van der Waals surface area contributed by atoms with Crippen LogP contribution in [0.2, 0.25) is 10.0 Å². The van der Waals surface area contributed by atoms with E-state index in [2.05, 4.69) is 15.5 Å². The van der Waals surface area contributed by atoms with Crippen molar-refractivity contribution >= 4 is 56.9 Å². The summed E-state index contributed by atoms with van der Waals surface area (Å²) in [6.07, 6.45) is 0. The first-order valence-electron chi connectivity index (χ1n) is 9.42. The Morgan fingerprint density at radius 1 is 0.935 bits per heavy atom. The number of nitrogens with one attached hydrogen (secondary N) is 1. The van der Waals surface area contributed by atoms with Crippen molar-refractivity contribution in [2.24, 2.45) is 10.2 Å². The van der Waals surface area contributed by atoms with Gasteiger partial charge in [-0.1, -0.05) is 65.7 Å². The molecule has 31 heavy (non-hydrogen) atoms. The van der Waals surface area contributed by atoms with Crippen LogP contribution in [0.5, 0.6) is 5.75 Å². The molecule has 0 aliphatic rings. The van der Waals surface area contributed by atoms with Crippen molar-refractivity contribution in [1.82, 2.24) is 0 Å². The van der Waals surface area contributed by atoms with Gasteiger partial charge < -0.3 is 10.4 Å². The zero-order valence-electron chi connectivity index (χ0n) is 16.4. The zero-order chi connectivity index (χ0) is 22.0. The molecule has 154 valence electrons. The molecule has 4 aromatic carbocycles. The number of halogens is 2. The lowest BCUT2D eigenvalue weighted by molar-refractivity contribution is 0.102. The molecule has 0 fully saturated rings. The molecular weight excluding hydrogens is 433 g/mol. The lowest BCUT2D eigenvalue weighted by atomic mass is 10.0. The van der Waals surface area contributed by atoms with Gasteiger partial charge in [0.1, 0.15) is 11.4 Å². The molecule has 4 aromatic rings. The smallest absolute Gasteiger partial charge is 0.259 e. The Labute approximate surface area is 189 Å². The van der Waals surface area contributed by atoms with E-state index in [0.717, 1.165) is 10.9 Å². The van der Waals surface area contributed by atoms with Gasteiger partial charge in [-0.3, -0.25) is 4.79 Å². The number of hydrogen-bond acceptors (Lipinski definition) is 4. The molecule has 0 aliphatic carbocycles. The van der Waals surface area contributed by atoms with Crippen LogP contribution in [-0.4, -0.2) is 11.0 Å². The van der Waals surface area contributed by atoms with E-state index in [4.69, 9.17) is 23.2 Å². The molecule has 5 nitrogen and oxygen atoms in total. The number of hydrogen-bond donors (Lipinski definition) is 2. The largest absolute Gasteiger partial charge is 0.505 e. The summed E-state index contributed by atoms with van der Waals surface area (Å²) in [5.74, 6) is -0.711. The number of amides is 1. The Bertz CT molecular complexity index is 1340. The van der Waals surface area contributed by atoms with Gasteiger partial charge in [-0.2, -0.15) is 0 Å². The summed E-state index contributed by atoms with van der Waals surface area (Å²) in [6.45, 7) is 1.89.